The molecule has 1 N–H and O–H groups in total. The first-order chi connectivity index (χ1) is 8.81. The van der Waals surface area contributed by atoms with Gasteiger partial charge in [-0.2, -0.15) is 5.26 Å². The summed E-state index contributed by atoms with van der Waals surface area (Å²) in [6.45, 7) is 2.75. The van der Waals surface area contributed by atoms with Crippen LogP contribution in [0.5, 0.6) is 0 Å². The van der Waals surface area contributed by atoms with Gasteiger partial charge in [-0.15, -0.1) is 0 Å². The largest absolute Gasteiger partial charge is 0.464 e. The second-order valence-electron chi connectivity index (χ2n) is 4.11. The van der Waals surface area contributed by atoms with Gasteiger partial charge in [0.25, 0.3) is 0 Å². The quantitative estimate of drug-likeness (QED) is 0.869. The number of nitrogens with one attached hydrogen (secondary N) is 1. The van der Waals surface area contributed by atoms with Crippen LogP contribution in [0.1, 0.15) is 24.0 Å². The van der Waals surface area contributed by atoms with Gasteiger partial charge < -0.3 is 9.73 Å². The molecule has 0 aliphatic rings. The number of nitrogens with zero attached hydrogens (tertiary/aromatic N) is 1. The maximum atomic E-state index is 8.59. The fourth-order valence-corrected chi connectivity index (χ4v) is 1.73. The SMILES string of the molecule is CCc1ccc(CNc2ccc(CC#N)cc2)o1. The van der Waals surface area contributed by atoms with E-state index in [4.69, 9.17) is 9.68 Å². The van der Waals surface area contributed by atoms with Crippen LogP contribution in [0.15, 0.2) is 40.8 Å². The number of hydrogen-bond acceptors (Lipinski definition) is 3. The molecular weight excluding hydrogens is 224 g/mol. The number of nitriles is 1. The maximum Gasteiger partial charge on any atom is 0.123 e. The molecule has 0 spiro atoms. The molecule has 2 rings (SSSR count). The second kappa shape index (κ2) is 5.92. The lowest BCUT2D eigenvalue weighted by Gasteiger charge is -2.04. The van der Waals surface area contributed by atoms with E-state index in [1.807, 2.05) is 36.4 Å². The molecule has 0 amide bonds. The summed E-state index contributed by atoms with van der Waals surface area (Å²) in [4.78, 5) is 0. The summed E-state index contributed by atoms with van der Waals surface area (Å²) >= 11 is 0. The lowest BCUT2D eigenvalue weighted by molar-refractivity contribution is 0.476. The maximum absolute atomic E-state index is 8.59. The Kier molecular flexibility index (Phi) is 4.03. The fourth-order valence-electron chi connectivity index (χ4n) is 1.73. The minimum Gasteiger partial charge on any atom is -0.464 e. The Morgan fingerprint density at radius 3 is 2.44 bits per heavy atom. The van der Waals surface area contributed by atoms with E-state index >= 15 is 0 Å². The normalized spacial score (nSPS) is 10.0. The lowest BCUT2D eigenvalue weighted by atomic mass is 10.1. The van der Waals surface area contributed by atoms with Crippen molar-refractivity contribution in [2.24, 2.45) is 0 Å². The predicted molar refractivity (Wildman–Crippen MR) is 71.2 cm³/mol. The van der Waals surface area contributed by atoms with Crippen LogP contribution in [-0.2, 0) is 19.4 Å². The molecular formula is C15H16N2O. The molecule has 3 heteroatoms. The van der Waals surface area contributed by atoms with E-state index in [2.05, 4.69) is 18.3 Å². The summed E-state index contributed by atoms with van der Waals surface area (Å²) < 4.78 is 5.61. The Labute approximate surface area is 107 Å². The Bertz CT molecular complexity index is 534. The lowest BCUT2D eigenvalue weighted by Crippen LogP contribution is -1.98. The highest BCUT2D eigenvalue weighted by atomic mass is 16.3. The van der Waals surface area contributed by atoms with E-state index < -0.39 is 0 Å². The van der Waals surface area contributed by atoms with Crippen molar-refractivity contribution >= 4 is 5.69 Å². The number of aryl methyl sites for hydroxylation is 1. The molecule has 0 bridgehead atoms. The van der Waals surface area contributed by atoms with Crippen molar-refractivity contribution in [3.63, 3.8) is 0 Å². The Morgan fingerprint density at radius 2 is 1.83 bits per heavy atom. The van der Waals surface area contributed by atoms with E-state index in [1.165, 1.54) is 0 Å². The Hall–Kier alpha value is -2.21. The van der Waals surface area contributed by atoms with Gasteiger partial charge in [0, 0.05) is 12.1 Å². The van der Waals surface area contributed by atoms with E-state index in [0.29, 0.717) is 13.0 Å². The van der Waals surface area contributed by atoms with Crippen molar-refractivity contribution in [2.45, 2.75) is 26.3 Å². The van der Waals surface area contributed by atoms with Crippen LogP contribution in [-0.4, -0.2) is 0 Å². The van der Waals surface area contributed by atoms with Gasteiger partial charge in [-0.3, -0.25) is 0 Å². The Balaban J connectivity index is 1.91. The first kappa shape index (κ1) is 12.3. The van der Waals surface area contributed by atoms with Crippen LogP contribution in [0.3, 0.4) is 0 Å². The van der Waals surface area contributed by atoms with Crippen LogP contribution < -0.4 is 5.32 Å². The zero-order valence-corrected chi connectivity index (χ0v) is 10.4. The second-order valence-corrected chi connectivity index (χ2v) is 4.11. The average molecular weight is 240 g/mol. The number of anilines is 1. The van der Waals surface area contributed by atoms with Crippen molar-refractivity contribution in [1.82, 2.24) is 0 Å². The van der Waals surface area contributed by atoms with Crippen LogP contribution in [0.25, 0.3) is 0 Å². The van der Waals surface area contributed by atoms with E-state index in [9.17, 15) is 0 Å². The topological polar surface area (TPSA) is 49.0 Å². The molecule has 1 aromatic heterocycles. The first-order valence-electron chi connectivity index (χ1n) is 6.09. The van der Waals surface area contributed by atoms with E-state index in [-0.39, 0.29) is 0 Å². The van der Waals surface area contributed by atoms with E-state index in [1.54, 1.807) is 0 Å². The molecule has 1 aromatic carbocycles. The zero-order valence-electron chi connectivity index (χ0n) is 10.4. The molecule has 0 aliphatic heterocycles. The molecule has 92 valence electrons. The molecule has 0 fully saturated rings. The summed E-state index contributed by atoms with van der Waals surface area (Å²) in [7, 11) is 0. The van der Waals surface area contributed by atoms with Crippen molar-refractivity contribution < 1.29 is 4.42 Å². The summed E-state index contributed by atoms with van der Waals surface area (Å²) in [6.07, 6.45) is 1.38. The van der Waals surface area contributed by atoms with Gasteiger partial charge in [0.1, 0.15) is 11.5 Å². The third kappa shape index (κ3) is 3.14. The van der Waals surface area contributed by atoms with Gasteiger partial charge in [-0.25, -0.2) is 0 Å². The van der Waals surface area contributed by atoms with Crippen molar-refractivity contribution in [2.75, 3.05) is 5.32 Å². The fraction of sp³-hybridized carbons (Fsp3) is 0.267. The molecule has 0 aliphatic carbocycles. The number of benzene rings is 1. The molecule has 18 heavy (non-hydrogen) atoms. The van der Waals surface area contributed by atoms with Gasteiger partial charge in [0.05, 0.1) is 19.0 Å². The molecule has 2 aromatic rings. The number of hydrogen-bond donors (Lipinski definition) is 1. The standard InChI is InChI=1S/C15H16N2O/c1-2-14-7-8-15(18-14)11-17-13-5-3-12(4-6-13)9-10-16/h3-8,17H,2,9,11H2,1H3. The first-order valence-corrected chi connectivity index (χ1v) is 6.09. The van der Waals surface area contributed by atoms with Crippen LogP contribution in [0.4, 0.5) is 5.69 Å². The average Bonchev–Trinajstić information content (AvgIpc) is 2.86. The molecule has 0 saturated carbocycles. The zero-order chi connectivity index (χ0) is 12.8. The molecule has 0 atom stereocenters. The van der Waals surface area contributed by atoms with Crippen LogP contribution in [0, 0.1) is 11.3 Å². The Morgan fingerprint density at radius 1 is 1.11 bits per heavy atom. The van der Waals surface area contributed by atoms with Crippen molar-refractivity contribution in [3.05, 3.63) is 53.5 Å². The van der Waals surface area contributed by atoms with Gasteiger partial charge in [0.2, 0.25) is 0 Å². The van der Waals surface area contributed by atoms with Gasteiger partial charge in [-0.05, 0) is 29.8 Å². The van der Waals surface area contributed by atoms with E-state index in [0.717, 1.165) is 29.2 Å². The summed E-state index contributed by atoms with van der Waals surface area (Å²) in [5.74, 6) is 1.95. The van der Waals surface area contributed by atoms with Crippen molar-refractivity contribution in [3.8, 4) is 6.07 Å². The molecule has 0 unspecified atom stereocenters. The third-order valence-corrected chi connectivity index (χ3v) is 2.77. The number of furan rings is 1. The third-order valence-electron chi connectivity index (χ3n) is 2.77. The monoisotopic (exact) mass is 240 g/mol. The van der Waals surface area contributed by atoms with Gasteiger partial charge >= 0.3 is 0 Å². The molecule has 0 saturated heterocycles. The highest BCUT2D eigenvalue weighted by Crippen LogP contribution is 2.13. The molecule has 0 radical (unpaired) electrons. The predicted octanol–water partition coefficient (Wildman–Crippen LogP) is 3.52. The van der Waals surface area contributed by atoms with Gasteiger partial charge in [-0.1, -0.05) is 19.1 Å². The van der Waals surface area contributed by atoms with Crippen molar-refractivity contribution in [1.29, 1.82) is 5.26 Å². The minimum atomic E-state index is 0.457. The number of rotatable bonds is 5. The summed E-state index contributed by atoms with van der Waals surface area (Å²) in [6, 6.07) is 14.0. The molecule has 1 heterocycles. The van der Waals surface area contributed by atoms with Gasteiger partial charge in [0.15, 0.2) is 0 Å². The molecule has 3 nitrogen and oxygen atoms in total. The summed E-state index contributed by atoms with van der Waals surface area (Å²) in [5.41, 5.74) is 2.07. The highest BCUT2D eigenvalue weighted by molar-refractivity contribution is 5.45. The minimum absolute atomic E-state index is 0.457. The smallest absolute Gasteiger partial charge is 0.123 e. The highest BCUT2D eigenvalue weighted by Gasteiger charge is 2.00. The van der Waals surface area contributed by atoms with Crippen LogP contribution >= 0.6 is 0 Å². The van der Waals surface area contributed by atoms with Crippen LogP contribution in [0.2, 0.25) is 0 Å². The summed E-state index contributed by atoms with van der Waals surface area (Å²) in [5, 5.41) is 11.9.